The van der Waals surface area contributed by atoms with Crippen LogP contribution in [0.1, 0.15) is 51.4 Å². The fourth-order valence-electron chi connectivity index (χ4n) is 2.04. The first-order valence-electron chi connectivity index (χ1n) is 5.48. The van der Waals surface area contributed by atoms with E-state index < -0.39 is 0 Å². The Hall–Kier alpha value is -0.590. The van der Waals surface area contributed by atoms with Crippen molar-refractivity contribution >= 4 is 5.78 Å². The van der Waals surface area contributed by atoms with Crippen LogP contribution in [0.25, 0.3) is 0 Å². The molecule has 0 aromatic heterocycles. The van der Waals surface area contributed by atoms with Crippen molar-refractivity contribution in [1.82, 2.24) is 0 Å². The predicted molar refractivity (Wildman–Crippen MR) is 55.6 cm³/mol. The summed E-state index contributed by atoms with van der Waals surface area (Å²) in [5.41, 5.74) is 0. The molecule has 0 aromatic rings. The van der Waals surface area contributed by atoms with Gasteiger partial charge in [0.2, 0.25) is 0 Å². The van der Waals surface area contributed by atoms with E-state index in [9.17, 15) is 4.79 Å². The van der Waals surface area contributed by atoms with Crippen LogP contribution in [0.4, 0.5) is 0 Å². The van der Waals surface area contributed by atoms with E-state index in [0.717, 1.165) is 38.5 Å². The van der Waals surface area contributed by atoms with E-state index in [0.29, 0.717) is 11.7 Å². The summed E-state index contributed by atoms with van der Waals surface area (Å²) < 4.78 is 0. The summed E-state index contributed by atoms with van der Waals surface area (Å²) in [7, 11) is 0. The lowest BCUT2D eigenvalue weighted by molar-refractivity contribution is -0.122. The zero-order chi connectivity index (χ0) is 9.52. The third-order valence-corrected chi connectivity index (χ3v) is 2.89. The average Bonchev–Trinajstić information content (AvgIpc) is 2.65. The van der Waals surface area contributed by atoms with Crippen molar-refractivity contribution < 1.29 is 4.79 Å². The molecular formula is C12H20O. The molecule has 0 heterocycles. The van der Waals surface area contributed by atoms with Crippen LogP contribution < -0.4 is 0 Å². The van der Waals surface area contributed by atoms with Gasteiger partial charge < -0.3 is 0 Å². The maximum atomic E-state index is 11.6. The van der Waals surface area contributed by atoms with Gasteiger partial charge in [0.25, 0.3) is 0 Å². The molecular weight excluding hydrogens is 160 g/mol. The molecule has 1 aliphatic carbocycles. The molecule has 1 nitrogen and oxygen atoms in total. The van der Waals surface area contributed by atoms with Crippen LogP contribution >= 0.6 is 0 Å². The van der Waals surface area contributed by atoms with Gasteiger partial charge in [-0.3, -0.25) is 4.79 Å². The van der Waals surface area contributed by atoms with E-state index in [2.05, 4.69) is 6.58 Å². The number of rotatable bonds is 6. The summed E-state index contributed by atoms with van der Waals surface area (Å²) in [6, 6.07) is 0. The molecule has 0 atom stereocenters. The Morgan fingerprint density at radius 3 is 2.62 bits per heavy atom. The molecule has 0 aliphatic heterocycles. The third kappa shape index (κ3) is 3.75. The number of hydrogen-bond donors (Lipinski definition) is 0. The van der Waals surface area contributed by atoms with Crippen LogP contribution in [0.3, 0.4) is 0 Å². The second-order valence-corrected chi connectivity index (χ2v) is 3.98. The Balaban J connectivity index is 2.06. The first-order chi connectivity index (χ1) is 6.34. The summed E-state index contributed by atoms with van der Waals surface area (Å²) >= 11 is 0. The SMILES string of the molecule is C=CCCCCC(=O)C1CCCC1. The Bertz CT molecular complexity index is 166. The van der Waals surface area contributed by atoms with Gasteiger partial charge in [-0.2, -0.15) is 0 Å². The van der Waals surface area contributed by atoms with Crippen molar-refractivity contribution in [1.29, 1.82) is 0 Å². The molecule has 0 saturated heterocycles. The van der Waals surface area contributed by atoms with Crippen molar-refractivity contribution in [2.45, 2.75) is 51.4 Å². The summed E-state index contributed by atoms with van der Waals surface area (Å²) in [5, 5.41) is 0. The standard InChI is InChI=1S/C12H20O/c1-2-3-4-5-10-12(13)11-8-6-7-9-11/h2,11H,1,3-10H2. The van der Waals surface area contributed by atoms with E-state index in [1.807, 2.05) is 6.08 Å². The normalized spacial score (nSPS) is 17.5. The monoisotopic (exact) mass is 180 g/mol. The molecule has 1 saturated carbocycles. The fraction of sp³-hybridized carbons (Fsp3) is 0.750. The Kier molecular flexibility index (Phi) is 4.81. The largest absolute Gasteiger partial charge is 0.299 e. The van der Waals surface area contributed by atoms with E-state index in [1.165, 1.54) is 12.8 Å². The molecule has 0 N–H and O–H groups in total. The van der Waals surface area contributed by atoms with Gasteiger partial charge in [0.05, 0.1) is 0 Å². The van der Waals surface area contributed by atoms with E-state index >= 15 is 0 Å². The average molecular weight is 180 g/mol. The second-order valence-electron chi connectivity index (χ2n) is 3.98. The van der Waals surface area contributed by atoms with Crippen molar-refractivity contribution in [3.05, 3.63) is 12.7 Å². The van der Waals surface area contributed by atoms with Crippen LogP contribution in [-0.2, 0) is 4.79 Å². The lowest BCUT2D eigenvalue weighted by Gasteiger charge is -2.06. The maximum Gasteiger partial charge on any atom is 0.135 e. The quantitative estimate of drug-likeness (QED) is 0.451. The van der Waals surface area contributed by atoms with Gasteiger partial charge in [0, 0.05) is 12.3 Å². The zero-order valence-electron chi connectivity index (χ0n) is 8.43. The van der Waals surface area contributed by atoms with E-state index in [1.54, 1.807) is 0 Å². The minimum absolute atomic E-state index is 0.420. The fourth-order valence-corrected chi connectivity index (χ4v) is 2.04. The van der Waals surface area contributed by atoms with Gasteiger partial charge in [0.15, 0.2) is 0 Å². The number of allylic oxidation sites excluding steroid dienone is 1. The highest BCUT2D eigenvalue weighted by atomic mass is 16.1. The number of unbranched alkanes of at least 4 members (excludes halogenated alkanes) is 2. The first-order valence-corrected chi connectivity index (χ1v) is 5.48. The van der Waals surface area contributed by atoms with Gasteiger partial charge in [-0.15, -0.1) is 6.58 Å². The maximum absolute atomic E-state index is 11.6. The van der Waals surface area contributed by atoms with E-state index in [4.69, 9.17) is 0 Å². The lowest BCUT2D eigenvalue weighted by atomic mass is 9.98. The van der Waals surface area contributed by atoms with Gasteiger partial charge in [0.1, 0.15) is 5.78 Å². The molecule has 1 heteroatoms. The summed E-state index contributed by atoms with van der Waals surface area (Å²) in [4.78, 5) is 11.6. The summed E-state index contributed by atoms with van der Waals surface area (Å²) in [6.45, 7) is 3.67. The highest BCUT2D eigenvalue weighted by Gasteiger charge is 2.21. The summed E-state index contributed by atoms with van der Waals surface area (Å²) in [5.74, 6) is 0.935. The molecule has 0 unspecified atom stereocenters. The van der Waals surface area contributed by atoms with Crippen LogP contribution in [0.15, 0.2) is 12.7 Å². The number of carbonyl (C=O) groups excluding carboxylic acids is 1. The van der Waals surface area contributed by atoms with Crippen LogP contribution in [-0.4, -0.2) is 5.78 Å². The van der Waals surface area contributed by atoms with Crippen molar-refractivity contribution in [2.24, 2.45) is 5.92 Å². The Morgan fingerprint density at radius 1 is 1.31 bits per heavy atom. The molecule has 0 radical (unpaired) electrons. The highest BCUT2D eigenvalue weighted by Crippen LogP contribution is 2.26. The number of hydrogen-bond acceptors (Lipinski definition) is 1. The molecule has 1 fully saturated rings. The molecule has 0 amide bonds. The molecule has 0 aromatic carbocycles. The molecule has 74 valence electrons. The summed E-state index contributed by atoms with van der Waals surface area (Å²) in [6.07, 6.45) is 10.8. The Morgan fingerprint density at radius 2 is 2.00 bits per heavy atom. The van der Waals surface area contributed by atoms with Crippen molar-refractivity contribution in [3.8, 4) is 0 Å². The zero-order valence-corrected chi connectivity index (χ0v) is 8.43. The van der Waals surface area contributed by atoms with Gasteiger partial charge in [-0.25, -0.2) is 0 Å². The molecule has 1 rings (SSSR count). The van der Waals surface area contributed by atoms with E-state index in [-0.39, 0.29) is 0 Å². The molecule has 1 aliphatic rings. The molecule has 13 heavy (non-hydrogen) atoms. The minimum Gasteiger partial charge on any atom is -0.299 e. The number of ketones is 1. The highest BCUT2D eigenvalue weighted by molar-refractivity contribution is 5.81. The van der Waals surface area contributed by atoms with Crippen molar-refractivity contribution in [2.75, 3.05) is 0 Å². The predicted octanol–water partition coefficient (Wildman–Crippen LogP) is 3.49. The molecule has 0 spiro atoms. The van der Waals surface area contributed by atoms with Crippen LogP contribution in [0.2, 0.25) is 0 Å². The third-order valence-electron chi connectivity index (χ3n) is 2.89. The van der Waals surface area contributed by atoms with Crippen LogP contribution in [0.5, 0.6) is 0 Å². The van der Waals surface area contributed by atoms with Crippen LogP contribution in [0, 0.1) is 5.92 Å². The number of Topliss-reactive ketones (excluding diaryl/α,β-unsaturated/α-hetero) is 1. The van der Waals surface area contributed by atoms with Gasteiger partial charge in [-0.1, -0.05) is 18.9 Å². The lowest BCUT2D eigenvalue weighted by Crippen LogP contribution is -2.09. The second kappa shape index (κ2) is 5.95. The minimum atomic E-state index is 0.420. The van der Waals surface area contributed by atoms with Gasteiger partial charge >= 0.3 is 0 Å². The Labute approximate surface area is 81.2 Å². The molecule has 0 bridgehead atoms. The first kappa shape index (κ1) is 10.5. The van der Waals surface area contributed by atoms with Gasteiger partial charge in [-0.05, 0) is 32.1 Å². The number of carbonyl (C=O) groups is 1. The van der Waals surface area contributed by atoms with Crippen molar-refractivity contribution in [3.63, 3.8) is 0 Å². The smallest absolute Gasteiger partial charge is 0.135 e. The topological polar surface area (TPSA) is 17.1 Å².